The highest BCUT2D eigenvalue weighted by molar-refractivity contribution is 5.96. The number of fused-ring (bicyclic) bond motifs is 1. The number of hydrogen-bond acceptors (Lipinski definition) is 7. The zero-order valence-electron chi connectivity index (χ0n) is 23.2. The molecule has 11 N–H and O–H groups in total. The number of H-pyrrole nitrogens is 1. The first-order valence-corrected chi connectivity index (χ1v) is 13.5. The number of carbonyl (C=O) groups is 6. The quantitative estimate of drug-likeness (QED) is 0.102. The average molecular weight is 594 g/mol. The predicted molar refractivity (Wildman–Crippen MR) is 156 cm³/mol. The Morgan fingerprint density at radius 1 is 0.744 bits per heavy atom. The third-order valence-electron chi connectivity index (χ3n) is 6.70. The Morgan fingerprint density at radius 3 is 2.00 bits per heavy atom. The molecule has 5 amide bonds. The largest absolute Gasteiger partial charge is 0.480 e. The van der Waals surface area contributed by atoms with Gasteiger partial charge in [-0.15, -0.1) is 0 Å². The summed E-state index contributed by atoms with van der Waals surface area (Å²) < 4.78 is 0. The molecule has 0 saturated carbocycles. The zero-order chi connectivity index (χ0) is 31.5. The Labute approximate surface area is 246 Å². The molecule has 0 aliphatic carbocycles. The Bertz CT molecular complexity index is 1470. The SMILES string of the molecule is NC(=O)CCC(NC(=O)C(CC(N)=O)NC(=O)C(N)Cc1ccccc1)C(=O)NC(Cc1c[nH]c2ccccc12)C(=O)O. The summed E-state index contributed by atoms with van der Waals surface area (Å²) in [5.41, 5.74) is 18.7. The standard InChI is InChI=1S/C29H35N7O7/c30-19(12-16-6-2-1-3-7-16)26(39)35-22(14-25(32)38)28(41)34-21(10-11-24(31)37)27(40)36-23(29(42)43)13-17-15-33-20-9-5-4-8-18(17)20/h1-9,15,19,21-23,33H,10-14,30H2,(H2,31,37)(H2,32,38)(H,34,41)(H,35,39)(H,36,40)(H,42,43). The second-order valence-electron chi connectivity index (χ2n) is 10.1. The summed E-state index contributed by atoms with van der Waals surface area (Å²) in [4.78, 5) is 77.5. The lowest BCUT2D eigenvalue weighted by Gasteiger charge is -2.24. The number of carboxylic acid groups (broad SMARTS) is 1. The van der Waals surface area contributed by atoms with Gasteiger partial charge in [-0.1, -0.05) is 48.5 Å². The lowest BCUT2D eigenvalue weighted by Crippen LogP contribution is -2.58. The topological polar surface area (TPSA) is 253 Å². The summed E-state index contributed by atoms with van der Waals surface area (Å²) in [7, 11) is 0. The number of carbonyl (C=O) groups excluding carboxylic acids is 5. The molecule has 14 nitrogen and oxygen atoms in total. The van der Waals surface area contributed by atoms with Gasteiger partial charge in [0.05, 0.1) is 12.5 Å². The van der Waals surface area contributed by atoms with Crippen LogP contribution in [0.2, 0.25) is 0 Å². The van der Waals surface area contributed by atoms with E-state index in [1.54, 1.807) is 48.7 Å². The molecule has 3 rings (SSSR count). The van der Waals surface area contributed by atoms with Crippen LogP contribution in [0, 0.1) is 0 Å². The van der Waals surface area contributed by atoms with Crippen LogP contribution in [0.15, 0.2) is 60.8 Å². The monoisotopic (exact) mass is 593 g/mol. The van der Waals surface area contributed by atoms with Crippen LogP contribution in [0.25, 0.3) is 10.9 Å². The molecule has 43 heavy (non-hydrogen) atoms. The number of para-hydroxylation sites is 1. The molecule has 1 heterocycles. The maximum atomic E-state index is 13.2. The van der Waals surface area contributed by atoms with Crippen molar-refractivity contribution in [3.05, 3.63) is 71.9 Å². The van der Waals surface area contributed by atoms with Gasteiger partial charge >= 0.3 is 5.97 Å². The Hall–Kier alpha value is -5.24. The Morgan fingerprint density at radius 2 is 1.35 bits per heavy atom. The third-order valence-corrected chi connectivity index (χ3v) is 6.70. The van der Waals surface area contributed by atoms with Crippen molar-refractivity contribution in [3.63, 3.8) is 0 Å². The summed E-state index contributed by atoms with van der Waals surface area (Å²) >= 11 is 0. The first-order valence-electron chi connectivity index (χ1n) is 13.5. The van der Waals surface area contributed by atoms with Gasteiger partial charge in [0.25, 0.3) is 0 Å². The second-order valence-corrected chi connectivity index (χ2v) is 10.1. The lowest BCUT2D eigenvalue weighted by molar-refractivity contribution is -0.142. The van der Waals surface area contributed by atoms with E-state index in [4.69, 9.17) is 17.2 Å². The smallest absolute Gasteiger partial charge is 0.326 e. The number of amides is 5. The molecule has 0 bridgehead atoms. The Kier molecular flexibility index (Phi) is 11.3. The molecule has 4 atom stereocenters. The number of aliphatic carboxylic acids is 1. The number of nitrogens with one attached hydrogen (secondary N) is 4. The maximum absolute atomic E-state index is 13.2. The molecule has 0 aliphatic rings. The molecule has 0 fully saturated rings. The Balaban J connectivity index is 1.73. The summed E-state index contributed by atoms with van der Waals surface area (Å²) in [6, 6.07) is 10.7. The average Bonchev–Trinajstić information content (AvgIpc) is 3.37. The summed E-state index contributed by atoms with van der Waals surface area (Å²) in [6.07, 6.45) is 0.483. The number of carboxylic acids is 1. The highest BCUT2D eigenvalue weighted by Gasteiger charge is 2.31. The van der Waals surface area contributed by atoms with Crippen LogP contribution in [0.1, 0.15) is 30.4 Å². The fraction of sp³-hybridized carbons (Fsp3) is 0.310. The maximum Gasteiger partial charge on any atom is 0.326 e. The van der Waals surface area contributed by atoms with E-state index in [-0.39, 0.29) is 25.7 Å². The first-order chi connectivity index (χ1) is 20.4. The van der Waals surface area contributed by atoms with Crippen LogP contribution in [-0.4, -0.2) is 69.8 Å². The van der Waals surface area contributed by atoms with Crippen molar-refractivity contribution in [3.8, 4) is 0 Å². The predicted octanol–water partition coefficient (Wildman–Crippen LogP) is -1.04. The van der Waals surface area contributed by atoms with Gasteiger partial charge in [0.15, 0.2) is 0 Å². The number of hydrogen-bond donors (Lipinski definition) is 8. The van der Waals surface area contributed by atoms with Crippen LogP contribution in [0.3, 0.4) is 0 Å². The lowest BCUT2D eigenvalue weighted by atomic mass is 10.0. The number of nitrogens with two attached hydrogens (primary N) is 3. The molecule has 0 spiro atoms. The van der Waals surface area contributed by atoms with Crippen molar-refractivity contribution >= 4 is 46.4 Å². The molecular formula is C29H35N7O7. The number of aromatic nitrogens is 1. The summed E-state index contributed by atoms with van der Waals surface area (Å²) in [6.45, 7) is 0. The molecule has 0 aliphatic heterocycles. The molecule has 14 heteroatoms. The van der Waals surface area contributed by atoms with Crippen LogP contribution in [-0.2, 0) is 41.6 Å². The van der Waals surface area contributed by atoms with E-state index in [0.29, 0.717) is 5.56 Å². The molecule has 2 aromatic carbocycles. The number of benzene rings is 2. The van der Waals surface area contributed by atoms with Crippen LogP contribution >= 0.6 is 0 Å². The van der Waals surface area contributed by atoms with Gasteiger partial charge in [0.2, 0.25) is 29.5 Å². The van der Waals surface area contributed by atoms with Crippen LogP contribution < -0.4 is 33.2 Å². The van der Waals surface area contributed by atoms with Crippen LogP contribution in [0.4, 0.5) is 0 Å². The first kappa shape index (κ1) is 32.3. The fourth-order valence-corrected chi connectivity index (χ4v) is 4.47. The number of aromatic amines is 1. The van der Waals surface area contributed by atoms with Crippen molar-refractivity contribution in [1.29, 1.82) is 0 Å². The van der Waals surface area contributed by atoms with E-state index < -0.39 is 66.1 Å². The summed E-state index contributed by atoms with van der Waals surface area (Å²) in [5.74, 6) is -5.63. The highest BCUT2D eigenvalue weighted by atomic mass is 16.4. The van der Waals surface area contributed by atoms with Gasteiger partial charge in [-0.2, -0.15) is 0 Å². The van der Waals surface area contributed by atoms with Gasteiger partial charge < -0.3 is 43.2 Å². The van der Waals surface area contributed by atoms with E-state index in [2.05, 4.69) is 20.9 Å². The van der Waals surface area contributed by atoms with E-state index in [0.717, 1.165) is 16.5 Å². The minimum atomic E-state index is -1.50. The van der Waals surface area contributed by atoms with Crippen LogP contribution in [0.5, 0.6) is 0 Å². The number of primary amides is 2. The van der Waals surface area contributed by atoms with Crippen molar-refractivity contribution < 1.29 is 33.9 Å². The highest BCUT2D eigenvalue weighted by Crippen LogP contribution is 2.19. The van der Waals surface area contributed by atoms with Crippen molar-refractivity contribution in [2.75, 3.05) is 0 Å². The normalized spacial score (nSPS) is 13.7. The van der Waals surface area contributed by atoms with Crippen molar-refractivity contribution in [2.45, 2.75) is 56.3 Å². The molecule has 3 aromatic rings. The van der Waals surface area contributed by atoms with Gasteiger partial charge in [-0.05, 0) is 30.0 Å². The second kappa shape index (κ2) is 15.1. The molecule has 228 valence electrons. The van der Waals surface area contributed by atoms with Gasteiger partial charge in [0, 0.05) is 29.9 Å². The molecule has 1 aromatic heterocycles. The summed E-state index contributed by atoms with van der Waals surface area (Å²) in [5, 5.41) is 17.8. The van der Waals surface area contributed by atoms with Gasteiger partial charge in [0.1, 0.15) is 18.1 Å². The fourth-order valence-electron chi connectivity index (χ4n) is 4.47. The van der Waals surface area contributed by atoms with Crippen molar-refractivity contribution in [1.82, 2.24) is 20.9 Å². The molecule has 0 saturated heterocycles. The zero-order valence-corrected chi connectivity index (χ0v) is 23.2. The van der Waals surface area contributed by atoms with E-state index >= 15 is 0 Å². The van der Waals surface area contributed by atoms with E-state index in [9.17, 15) is 33.9 Å². The molecular weight excluding hydrogens is 558 g/mol. The minimum absolute atomic E-state index is 0.0821. The van der Waals surface area contributed by atoms with E-state index in [1.807, 2.05) is 12.1 Å². The molecule has 0 radical (unpaired) electrons. The minimum Gasteiger partial charge on any atom is -0.480 e. The molecule has 4 unspecified atom stereocenters. The van der Waals surface area contributed by atoms with Gasteiger partial charge in [-0.3, -0.25) is 24.0 Å². The van der Waals surface area contributed by atoms with E-state index in [1.165, 1.54) is 0 Å². The third kappa shape index (κ3) is 9.67. The number of rotatable bonds is 16. The van der Waals surface area contributed by atoms with Crippen molar-refractivity contribution in [2.24, 2.45) is 17.2 Å². The van der Waals surface area contributed by atoms with Gasteiger partial charge in [-0.25, -0.2) is 4.79 Å².